The number of nitrogens with zero attached hydrogens (tertiary/aromatic N) is 2. The minimum absolute atomic E-state index is 0.0305. The highest BCUT2D eigenvalue weighted by Crippen LogP contribution is 2.08. The second kappa shape index (κ2) is 4.75. The average molecular weight is 214 g/mol. The summed E-state index contributed by atoms with van der Waals surface area (Å²) >= 11 is 0. The number of hydrogen-bond acceptors (Lipinski definition) is 2. The lowest BCUT2D eigenvalue weighted by Gasteiger charge is -1.97. The van der Waals surface area contributed by atoms with Gasteiger partial charge in [0, 0.05) is 18.3 Å². The Labute approximate surface area is 94.7 Å². The van der Waals surface area contributed by atoms with Crippen LogP contribution in [0.1, 0.15) is 29.3 Å². The highest BCUT2D eigenvalue weighted by Gasteiger charge is 2.10. The van der Waals surface area contributed by atoms with Crippen LogP contribution >= 0.6 is 0 Å². The van der Waals surface area contributed by atoms with Crippen LogP contribution in [0.15, 0.2) is 42.7 Å². The maximum Gasteiger partial charge on any atom is 0.196 e. The van der Waals surface area contributed by atoms with E-state index in [-0.39, 0.29) is 5.78 Å². The Morgan fingerprint density at radius 2 is 2.00 bits per heavy atom. The van der Waals surface area contributed by atoms with Crippen molar-refractivity contribution in [3.63, 3.8) is 0 Å². The first-order valence-electron chi connectivity index (χ1n) is 5.43. The molecule has 0 N–H and O–H groups in total. The van der Waals surface area contributed by atoms with Crippen molar-refractivity contribution in [3.05, 3.63) is 53.9 Å². The minimum Gasteiger partial charge on any atom is -0.288 e. The first kappa shape index (κ1) is 10.6. The van der Waals surface area contributed by atoms with Crippen LogP contribution in [-0.2, 0) is 6.54 Å². The van der Waals surface area contributed by atoms with Crippen molar-refractivity contribution in [2.24, 2.45) is 0 Å². The summed E-state index contributed by atoms with van der Waals surface area (Å²) in [6.07, 6.45) is 4.45. The zero-order valence-electron chi connectivity index (χ0n) is 9.26. The third-order valence-corrected chi connectivity index (χ3v) is 2.38. The van der Waals surface area contributed by atoms with E-state index < -0.39 is 0 Å². The lowest BCUT2D eigenvalue weighted by Crippen LogP contribution is -2.00. The predicted octanol–water partition coefficient (Wildman–Crippen LogP) is 2.52. The lowest BCUT2D eigenvalue weighted by molar-refractivity contribution is 0.103. The summed E-state index contributed by atoms with van der Waals surface area (Å²) in [5.41, 5.74) is 1.36. The molecular formula is C13H14N2O. The fourth-order valence-corrected chi connectivity index (χ4v) is 1.59. The zero-order valence-corrected chi connectivity index (χ0v) is 9.26. The Bertz CT molecular complexity index is 474. The molecule has 16 heavy (non-hydrogen) atoms. The summed E-state index contributed by atoms with van der Waals surface area (Å²) in [6.45, 7) is 2.93. The summed E-state index contributed by atoms with van der Waals surface area (Å²) in [4.78, 5) is 12.0. The van der Waals surface area contributed by atoms with E-state index in [0.29, 0.717) is 11.1 Å². The van der Waals surface area contributed by atoms with Crippen molar-refractivity contribution in [1.82, 2.24) is 9.78 Å². The Hall–Kier alpha value is -1.90. The monoisotopic (exact) mass is 214 g/mol. The number of hydrogen-bond donors (Lipinski definition) is 0. The molecule has 0 aliphatic rings. The third-order valence-electron chi connectivity index (χ3n) is 2.38. The molecule has 2 rings (SSSR count). The van der Waals surface area contributed by atoms with Crippen molar-refractivity contribution < 1.29 is 4.79 Å². The van der Waals surface area contributed by atoms with E-state index in [1.165, 1.54) is 0 Å². The zero-order chi connectivity index (χ0) is 11.4. The molecule has 3 heteroatoms. The Morgan fingerprint density at radius 1 is 1.25 bits per heavy atom. The van der Waals surface area contributed by atoms with Gasteiger partial charge in [-0.05, 0) is 6.42 Å². The molecule has 0 saturated carbocycles. The van der Waals surface area contributed by atoms with E-state index in [1.54, 1.807) is 17.1 Å². The molecule has 0 fully saturated rings. The van der Waals surface area contributed by atoms with Gasteiger partial charge in [0.2, 0.25) is 0 Å². The molecule has 0 aliphatic carbocycles. The van der Waals surface area contributed by atoms with E-state index in [2.05, 4.69) is 12.0 Å². The summed E-state index contributed by atoms with van der Waals surface area (Å²) in [5, 5.41) is 4.15. The molecule has 1 heterocycles. The van der Waals surface area contributed by atoms with Crippen LogP contribution in [0, 0.1) is 0 Å². The van der Waals surface area contributed by atoms with Crippen LogP contribution in [-0.4, -0.2) is 15.6 Å². The number of carbonyl (C=O) groups excluding carboxylic acids is 1. The van der Waals surface area contributed by atoms with E-state index in [4.69, 9.17) is 0 Å². The summed E-state index contributed by atoms with van der Waals surface area (Å²) in [6, 6.07) is 9.27. The molecule has 1 aromatic carbocycles. The van der Waals surface area contributed by atoms with Gasteiger partial charge in [-0.25, -0.2) is 0 Å². The minimum atomic E-state index is 0.0305. The highest BCUT2D eigenvalue weighted by molar-refractivity contribution is 6.08. The topological polar surface area (TPSA) is 34.9 Å². The quantitative estimate of drug-likeness (QED) is 0.733. The van der Waals surface area contributed by atoms with Crippen molar-refractivity contribution in [2.75, 3.05) is 0 Å². The highest BCUT2D eigenvalue weighted by atomic mass is 16.1. The summed E-state index contributed by atoms with van der Waals surface area (Å²) in [7, 11) is 0. The molecule has 2 aromatic rings. The van der Waals surface area contributed by atoms with Gasteiger partial charge in [0.15, 0.2) is 5.78 Å². The number of aromatic nitrogens is 2. The first-order valence-corrected chi connectivity index (χ1v) is 5.43. The van der Waals surface area contributed by atoms with Gasteiger partial charge in [0.1, 0.15) is 0 Å². The van der Waals surface area contributed by atoms with Crippen molar-refractivity contribution in [1.29, 1.82) is 0 Å². The first-order chi connectivity index (χ1) is 7.81. The number of aryl methyl sites for hydroxylation is 1. The molecule has 0 unspecified atom stereocenters. The van der Waals surface area contributed by atoms with Crippen LogP contribution in [0.5, 0.6) is 0 Å². The average Bonchev–Trinajstić information content (AvgIpc) is 2.78. The van der Waals surface area contributed by atoms with Gasteiger partial charge < -0.3 is 0 Å². The van der Waals surface area contributed by atoms with Gasteiger partial charge in [-0.3, -0.25) is 9.48 Å². The molecule has 82 valence electrons. The van der Waals surface area contributed by atoms with Gasteiger partial charge in [-0.2, -0.15) is 5.10 Å². The van der Waals surface area contributed by atoms with Crippen LogP contribution in [0.2, 0.25) is 0 Å². The fraction of sp³-hybridized carbons (Fsp3) is 0.231. The molecular weight excluding hydrogens is 200 g/mol. The van der Waals surface area contributed by atoms with Crippen LogP contribution in [0.4, 0.5) is 0 Å². The summed E-state index contributed by atoms with van der Waals surface area (Å²) in [5.74, 6) is 0.0305. The van der Waals surface area contributed by atoms with Crippen LogP contribution in [0.3, 0.4) is 0 Å². The molecule has 0 radical (unpaired) electrons. The number of benzene rings is 1. The number of ketones is 1. The SMILES string of the molecule is CCCn1cc(C(=O)c2ccccc2)cn1. The predicted molar refractivity (Wildman–Crippen MR) is 62.4 cm³/mol. The van der Waals surface area contributed by atoms with E-state index in [0.717, 1.165) is 13.0 Å². The van der Waals surface area contributed by atoms with E-state index in [9.17, 15) is 4.79 Å². The van der Waals surface area contributed by atoms with E-state index >= 15 is 0 Å². The fourth-order valence-electron chi connectivity index (χ4n) is 1.59. The van der Waals surface area contributed by atoms with Gasteiger partial charge in [0.25, 0.3) is 0 Å². The Morgan fingerprint density at radius 3 is 2.69 bits per heavy atom. The normalized spacial score (nSPS) is 10.3. The molecule has 0 aliphatic heterocycles. The number of rotatable bonds is 4. The van der Waals surface area contributed by atoms with Crippen molar-refractivity contribution >= 4 is 5.78 Å². The third kappa shape index (κ3) is 2.19. The molecule has 3 nitrogen and oxygen atoms in total. The standard InChI is InChI=1S/C13H14N2O/c1-2-8-15-10-12(9-14-15)13(16)11-6-4-3-5-7-11/h3-7,9-10H,2,8H2,1H3. The summed E-state index contributed by atoms with van der Waals surface area (Å²) < 4.78 is 1.80. The molecule has 0 saturated heterocycles. The second-order valence-electron chi connectivity index (χ2n) is 3.69. The maximum absolute atomic E-state index is 12.0. The lowest BCUT2D eigenvalue weighted by atomic mass is 10.1. The Balaban J connectivity index is 2.21. The largest absolute Gasteiger partial charge is 0.288 e. The molecule has 0 amide bonds. The van der Waals surface area contributed by atoms with E-state index in [1.807, 2.05) is 30.3 Å². The molecule has 0 spiro atoms. The number of carbonyl (C=O) groups is 1. The van der Waals surface area contributed by atoms with Crippen LogP contribution in [0.25, 0.3) is 0 Å². The Kier molecular flexibility index (Phi) is 3.15. The van der Waals surface area contributed by atoms with Gasteiger partial charge >= 0.3 is 0 Å². The van der Waals surface area contributed by atoms with Gasteiger partial charge in [-0.1, -0.05) is 37.3 Å². The van der Waals surface area contributed by atoms with Crippen LogP contribution < -0.4 is 0 Å². The smallest absolute Gasteiger partial charge is 0.196 e. The van der Waals surface area contributed by atoms with Gasteiger partial charge in [-0.15, -0.1) is 0 Å². The van der Waals surface area contributed by atoms with Gasteiger partial charge in [0.05, 0.1) is 11.8 Å². The second-order valence-corrected chi connectivity index (χ2v) is 3.69. The maximum atomic E-state index is 12.0. The molecule has 0 atom stereocenters. The molecule has 1 aromatic heterocycles. The van der Waals surface area contributed by atoms with Crippen molar-refractivity contribution in [2.45, 2.75) is 19.9 Å². The van der Waals surface area contributed by atoms with Crippen molar-refractivity contribution in [3.8, 4) is 0 Å². The molecule has 0 bridgehead atoms.